The Labute approximate surface area is 127 Å². The Morgan fingerprint density at radius 2 is 2.05 bits per heavy atom. The molecule has 1 aliphatic carbocycles. The minimum absolute atomic E-state index is 0.348. The molecule has 1 aromatic heterocycles. The molecule has 0 bridgehead atoms. The molecule has 2 atom stereocenters. The fourth-order valence-electron chi connectivity index (χ4n) is 3.31. The van der Waals surface area contributed by atoms with Gasteiger partial charge in [-0.15, -0.1) is 0 Å². The minimum Gasteiger partial charge on any atom is -0.307 e. The molecule has 0 spiro atoms. The predicted molar refractivity (Wildman–Crippen MR) is 86.5 cm³/mol. The Bertz CT molecular complexity index is 586. The van der Waals surface area contributed by atoms with Crippen molar-refractivity contribution in [3.8, 4) is 5.69 Å². The van der Waals surface area contributed by atoms with Crippen molar-refractivity contribution in [1.29, 1.82) is 0 Å². The van der Waals surface area contributed by atoms with Gasteiger partial charge < -0.3 is 5.32 Å². The van der Waals surface area contributed by atoms with Crippen molar-refractivity contribution < 1.29 is 0 Å². The third-order valence-electron chi connectivity index (χ3n) is 4.58. The van der Waals surface area contributed by atoms with Crippen LogP contribution in [0.15, 0.2) is 42.7 Å². The van der Waals surface area contributed by atoms with Crippen LogP contribution in [0.1, 0.15) is 51.6 Å². The highest BCUT2D eigenvalue weighted by Crippen LogP contribution is 2.37. The van der Waals surface area contributed by atoms with E-state index in [-0.39, 0.29) is 0 Å². The molecule has 1 fully saturated rings. The van der Waals surface area contributed by atoms with Gasteiger partial charge in [0.2, 0.25) is 0 Å². The Hall–Kier alpha value is -1.61. The van der Waals surface area contributed by atoms with Gasteiger partial charge in [-0.2, -0.15) is 5.10 Å². The summed E-state index contributed by atoms with van der Waals surface area (Å²) in [5, 5.41) is 8.25. The maximum atomic E-state index is 4.49. The van der Waals surface area contributed by atoms with E-state index >= 15 is 0 Å². The number of nitrogens with one attached hydrogen (secondary N) is 1. The van der Waals surface area contributed by atoms with E-state index in [1.807, 2.05) is 29.1 Å². The monoisotopic (exact) mass is 283 g/mol. The van der Waals surface area contributed by atoms with Crippen molar-refractivity contribution in [1.82, 2.24) is 15.1 Å². The largest absolute Gasteiger partial charge is 0.307 e. The molecule has 2 unspecified atom stereocenters. The van der Waals surface area contributed by atoms with Gasteiger partial charge in [0.05, 0.1) is 11.9 Å². The predicted octanol–water partition coefficient (Wildman–Crippen LogP) is 4.10. The maximum absolute atomic E-state index is 4.49. The van der Waals surface area contributed by atoms with Crippen LogP contribution in [0, 0.1) is 5.41 Å². The molecule has 3 heteroatoms. The number of benzene rings is 1. The van der Waals surface area contributed by atoms with Gasteiger partial charge in [-0.1, -0.05) is 32.0 Å². The molecular weight excluding hydrogens is 258 g/mol. The summed E-state index contributed by atoms with van der Waals surface area (Å²) < 4.78 is 1.95. The molecule has 0 saturated heterocycles. The van der Waals surface area contributed by atoms with Gasteiger partial charge in [0.25, 0.3) is 0 Å². The number of aromatic nitrogens is 2. The molecule has 1 heterocycles. The zero-order valence-corrected chi connectivity index (χ0v) is 13.2. The Balaban J connectivity index is 1.66. The van der Waals surface area contributed by atoms with Gasteiger partial charge in [0.15, 0.2) is 0 Å². The van der Waals surface area contributed by atoms with Gasteiger partial charge in [0.1, 0.15) is 0 Å². The number of para-hydroxylation sites is 1. The smallest absolute Gasteiger partial charge is 0.0645 e. The highest BCUT2D eigenvalue weighted by atomic mass is 15.3. The van der Waals surface area contributed by atoms with Crippen molar-refractivity contribution in [2.24, 2.45) is 5.41 Å². The molecule has 3 nitrogen and oxygen atoms in total. The topological polar surface area (TPSA) is 29.9 Å². The second-order valence-corrected chi connectivity index (χ2v) is 7.05. The molecule has 0 aliphatic heterocycles. The summed E-state index contributed by atoms with van der Waals surface area (Å²) in [4.78, 5) is 0. The molecule has 3 rings (SSSR count). The molecule has 0 radical (unpaired) electrons. The fourth-order valence-corrected chi connectivity index (χ4v) is 3.31. The quantitative estimate of drug-likeness (QED) is 0.915. The Morgan fingerprint density at radius 3 is 2.71 bits per heavy atom. The van der Waals surface area contributed by atoms with Gasteiger partial charge in [-0.25, -0.2) is 4.68 Å². The van der Waals surface area contributed by atoms with Gasteiger partial charge >= 0.3 is 0 Å². The maximum Gasteiger partial charge on any atom is 0.0645 e. The average molecular weight is 283 g/mol. The fraction of sp³-hybridized carbons (Fsp3) is 0.500. The first-order chi connectivity index (χ1) is 10.0. The van der Waals surface area contributed by atoms with Crippen LogP contribution in [0.3, 0.4) is 0 Å². The van der Waals surface area contributed by atoms with E-state index in [9.17, 15) is 0 Å². The SMILES string of the molecule is CC(NC1CCC(C)(C)C1)c1cnn(-c2ccccc2)c1. The second kappa shape index (κ2) is 5.64. The number of nitrogens with zero attached hydrogens (tertiary/aromatic N) is 2. The number of rotatable bonds is 4. The van der Waals surface area contributed by atoms with Crippen molar-refractivity contribution in [3.63, 3.8) is 0 Å². The normalized spacial score (nSPS) is 22.3. The van der Waals surface area contributed by atoms with E-state index in [2.05, 4.69) is 49.5 Å². The van der Waals surface area contributed by atoms with Crippen LogP contribution in [0.2, 0.25) is 0 Å². The zero-order valence-electron chi connectivity index (χ0n) is 13.2. The highest BCUT2D eigenvalue weighted by Gasteiger charge is 2.31. The summed E-state index contributed by atoms with van der Waals surface area (Å²) in [7, 11) is 0. The summed E-state index contributed by atoms with van der Waals surface area (Å²) in [6.07, 6.45) is 7.98. The Morgan fingerprint density at radius 1 is 1.29 bits per heavy atom. The molecule has 1 aliphatic rings. The summed E-state index contributed by atoms with van der Waals surface area (Å²) in [6.45, 7) is 6.97. The summed E-state index contributed by atoms with van der Waals surface area (Å²) in [6, 6.07) is 11.2. The molecule has 21 heavy (non-hydrogen) atoms. The molecule has 1 aromatic carbocycles. The van der Waals surface area contributed by atoms with Crippen molar-refractivity contribution in [2.75, 3.05) is 0 Å². The number of hydrogen-bond acceptors (Lipinski definition) is 2. The lowest BCUT2D eigenvalue weighted by molar-refractivity contribution is 0.356. The van der Waals surface area contributed by atoms with Crippen LogP contribution in [0.5, 0.6) is 0 Å². The number of hydrogen-bond donors (Lipinski definition) is 1. The molecule has 2 aromatic rings. The van der Waals surface area contributed by atoms with Gasteiger partial charge in [-0.3, -0.25) is 0 Å². The van der Waals surface area contributed by atoms with Crippen molar-refractivity contribution >= 4 is 0 Å². The summed E-state index contributed by atoms with van der Waals surface area (Å²) >= 11 is 0. The first kappa shape index (κ1) is 14.3. The third kappa shape index (κ3) is 3.35. The lowest BCUT2D eigenvalue weighted by atomic mass is 9.92. The molecule has 0 amide bonds. The van der Waals surface area contributed by atoms with Crippen LogP contribution >= 0.6 is 0 Å². The molecular formula is C18H25N3. The molecule has 1 N–H and O–H groups in total. The minimum atomic E-state index is 0.348. The van der Waals surface area contributed by atoms with Gasteiger partial charge in [0, 0.05) is 23.8 Å². The average Bonchev–Trinajstić information content (AvgIpc) is 3.07. The molecule has 112 valence electrons. The second-order valence-electron chi connectivity index (χ2n) is 7.05. The molecule has 1 saturated carbocycles. The van der Waals surface area contributed by atoms with E-state index in [0.29, 0.717) is 17.5 Å². The van der Waals surface area contributed by atoms with E-state index in [1.54, 1.807) is 0 Å². The van der Waals surface area contributed by atoms with E-state index in [0.717, 1.165) is 5.69 Å². The van der Waals surface area contributed by atoms with Crippen LogP contribution in [-0.4, -0.2) is 15.8 Å². The lowest BCUT2D eigenvalue weighted by Crippen LogP contribution is -2.29. The van der Waals surface area contributed by atoms with E-state index in [4.69, 9.17) is 0 Å². The Kier molecular flexibility index (Phi) is 3.85. The standard InChI is InChI=1S/C18H25N3/c1-14(20-16-9-10-18(2,3)11-16)15-12-19-21(13-15)17-7-5-4-6-8-17/h4-8,12-14,16,20H,9-11H2,1-3H3. The van der Waals surface area contributed by atoms with Crippen LogP contribution in [0.4, 0.5) is 0 Å². The van der Waals surface area contributed by atoms with Crippen LogP contribution in [0.25, 0.3) is 5.69 Å². The lowest BCUT2D eigenvalue weighted by Gasteiger charge is -2.21. The summed E-state index contributed by atoms with van der Waals surface area (Å²) in [5.41, 5.74) is 2.85. The first-order valence-electron chi connectivity index (χ1n) is 7.90. The van der Waals surface area contributed by atoms with E-state index < -0.39 is 0 Å². The van der Waals surface area contributed by atoms with E-state index in [1.165, 1.54) is 24.8 Å². The van der Waals surface area contributed by atoms with Gasteiger partial charge in [-0.05, 0) is 43.7 Å². The van der Waals surface area contributed by atoms with Crippen LogP contribution < -0.4 is 5.32 Å². The summed E-state index contributed by atoms with van der Waals surface area (Å²) in [5.74, 6) is 0. The van der Waals surface area contributed by atoms with Crippen molar-refractivity contribution in [2.45, 2.75) is 52.1 Å². The van der Waals surface area contributed by atoms with Crippen LogP contribution in [-0.2, 0) is 0 Å². The highest BCUT2D eigenvalue weighted by molar-refractivity contribution is 5.31. The first-order valence-corrected chi connectivity index (χ1v) is 7.90. The zero-order chi connectivity index (χ0) is 14.9. The van der Waals surface area contributed by atoms with Crippen molar-refractivity contribution in [3.05, 3.63) is 48.3 Å². The third-order valence-corrected chi connectivity index (χ3v) is 4.58.